The van der Waals surface area contributed by atoms with Crippen LogP contribution in [0.25, 0.3) is 0 Å². The van der Waals surface area contributed by atoms with Crippen LogP contribution >= 0.6 is 0 Å². The van der Waals surface area contributed by atoms with Crippen LogP contribution in [-0.4, -0.2) is 47.8 Å². The van der Waals surface area contributed by atoms with E-state index in [0.29, 0.717) is 38.0 Å². The van der Waals surface area contributed by atoms with Gasteiger partial charge in [-0.15, -0.1) is 0 Å². The van der Waals surface area contributed by atoms with E-state index >= 15 is 0 Å². The molecule has 1 saturated heterocycles. The highest BCUT2D eigenvalue weighted by atomic mass is 16.2. The zero-order valence-corrected chi connectivity index (χ0v) is 14.8. The zero-order chi connectivity index (χ0) is 17.1. The van der Waals surface area contributed by atoms with Gasteiger partial charge in [-0.2, -0.15) is 0 Å². The topological polar surface area (TPSA) is 40.6 Å². The minimum Gasteiger partial charge on any atom is -0.339 e. The second-order valence-corrected chi connectivity index (χ2v) is 7.18. The third-order valence-electron chi connectivity index (χ3n) is 5.67. The Labute approximate surface area is 144 Å². The summed E-state index contributed by atoms with van der Waals surface area (Å²) in [6, 6.07) is 8.01. The van der Waals surface area contributed by atoms with Crippen LogP contribution in [0, 0.1) is 5.92 Å². The molecule has 1 saturated carbocycles. The van der Waals surface area contributed by atoms with Crippen LogP contribution in [0.1, 0.15) is 61.4 Å². The van der Waals surface area contributed by atoms with Crippen LogP contribution in [0.2, 0.25) is 0 Å². The number of benzene rings is 1. The minimum atomic E-state index is 0.0847. The van der Waals surface area contributed by atoms with Crippen molar-refractivity contribution in [2.75, 3.05) is 26.2 Å². The summed E-state index contributed by atoms with van der Waals surface area (Å²) < 4.78 is 0. The first-order valence-corrected chi connectivity index (χ1v) is 9.28. The molecule has 4 nitrogen and oxygen atoms in total. The maximum atomic E-state index is 12.7. The molecule has 4 heteroatoms. The van der Waals surface area contributed by atoms with Crippen molar-refractivity contribution in [3.63, 3.8) is 0 Å². The quantitative estimate of drug-likeness (QED) is 0.851. The molecule has 1 heterocycles. The Morgan fingerprint density at radius 3 is 2.12 bits per heavy atom. The molecule has 1 aliphatic heterocycles. The van der Waals surface area contributed by atoms with E-state index in [4.69, 9.17) is 0 Å². The van der Waals surface area contributed by atoms with Crippen molar-refractivity contribution < 1.29 is 9.59 Å². The highest BCUT2D eigenvalue weighted by molar-refractivity contribution is 5.94. The SMILES string of the molecule is CCC(C)c1ccc(C(=O)N2CCN(C(=O)C3CCC3)CC2)cc1. The van der Waals surface area contributed by atoms with E-state index in [0.717, 1.165) is 24.8 Å². The third-order valence-corrected chi connectivity index (χ3v) is 5.67. The summed E-state index contributed by atoms with van der Waals surface area (Å²) in [5, 5.41) is 0. The van der Waals surface area contributed by atoms with Crippen molar-refractivity contribution >= 4 is 11.8 Å². The van der Waals surface area contributed by atoms with E-state index in [9.17, 15) is 9.59 Å². The van der Waals surface area contributed by atoms with Crippen LogP contribution in [-0.2, 0) is 4.79 Å². The van der Waals surface area contributed by atoms with Crippen molar-refractivity contribution in [1.82, 2.24) is 9.80 Å². The first kappa shape index (κ1) is 17.0. The van der Waals surface area contributed by atoms with Gasteiger partial charge >= 0.3 is 0 Å². The summed E-state index contributed by atoms with van der Waals surface area (Å²) in [6.45, 7) is 7.01. The summed E-state index contributed by atoms with van der Waals surface area (Å²) >= 11 is 0. The molecule has 1 aromatic rings. The number of piperazine rings is 1. The first-order chi connectivity index (χ1) is 11.6. The van der Waals surface area contributed by atoms with Gasteiger partial charge in [0.2, 0.25) is 5.91 Å². The Morgan fingerprint density at radius 2 is 1.62 bits per heavy atom. The van der Waals surface area contributed by atoms with Gasteiger partial charge in [0.1, 0.15) is 0 Å². The molecule has 1 atom stereocenters. The van der Waals surface area contributed by atoms with Gasteiger partial charge in [0.15, 0.2) is 0 Å². The molecule has 2 fully saturated rings. The molecule has 0 spiro atoms. The molecule has 3 rings (SSSR count). The van der Waals surface area contributed by atoms with E-state index < -0.39 is 0 Å². The lowest BCUT2D eigenvalue weighted by Crippen LogP contribution is -2.52. The first-order valence-electron chi connectivity index (χ1n) is 9.28. The molecule has 2 amide bonds. The summed E-state index contributed by atoms with van der Waals surface area (Å²) in [7, 11) is 0. The minimum absolute atomic E-state index is 0.0847. The molecule has 1 aliphatic carbocycles. The zero-order valence-electron chi connectivity index (χ0n) is 14.8. The van der Waals surface area contributed by atoms with E-state index in [1.807, 2.05) is 21.9 Å². The second-order valence-electron chi connectivity index (χ2n) is 7.18. The average molecular weight is 328 g/mol. The number of carbonyl (C=O) groups excluding carboxylic acids is 2. The van der Waals surface area contributed by atoms with E-state index in [1.165, 1.54) is 12.0 Å². The maximum absolute atomic E-state index is 12.7. The lowest BCUT2D eigenvalue weighted by atomic mass is 9.84. The molecular formula is C20H28N2O2. The number of nitrogens with zero attached hydrogens (tertiary/aromatic N) is 2. The Bertz CT molecular complexity index is 584. The Hall–Kier alpha value is -1.84. The monoisotopic (exact) mass is 328 g/mol. The van der Waals surface area contributed by atoms with Crippen molar-refractivity contribution in [3.05, 3.63) is 35.4 Å². The number of hydrogen-bond acceptors (Lipinski definition) is 2. The fourth-order valence-corrected chi connectivity index (χ4v) is 3.42. The fourth-order valence-electron chi connectivity index (χ4n) is 3.42. The van der Waals surface area contributed by atoms with Gasteiger partial charge in [0, 0.05) is 37.7 Å². The predicted molar refractivity (Wildman–Crippen MR) is 95.0 cm³/mol. The smallest absolute Gasteiger partial charge is 0.253 e. The normalized spacial score (nSPS) is 19.8. The largest absolute Gasteiger partial charge is 0.339 e. The second kappa shape index (κ2) is 7.37. The third kappa shape index (κ3) is 3.47. The van der Waals surface area contributed by atoms with Crippen molar-refractivity contribution in [2.24, 2.45) is 5.92 Å². The van der Waals surface area contributed by atoms with E-state index in [2.05, 4.69) is 26.0 Å². The fraction of sp³-hybridized carbons (Fsp3) is 0.600. The van der Waals surface area contributed by atoms with E-state index in [1.54, 1.807) is 0 Å². The van der Waals surface area contributed by atoms with Gasteiger partial charge < -0.3 is 9.80 Å². The van der Waals surface area contributed by atoms with Crippen molar-refractivity contribution in [1.29, 1.82) is 0 Å². The van der Waals surface area contributed by atoms with Crippen LogP contribution in [0.15, 0.2) is 24.3 Å². The Balaban J connectivity index is 1.55. The summed E-state index contributed by atoms with van der Waals surface area (Å²) in [4.78, 5) is 28.8. The van der Waals surface area contributed by atoms with Gasteiger partial charge in [0.25, 0.3) is 5.91 Å². The molecule has 0 aromatic heterocycles. The molecule has 0 radical (unpaired) electrons. The molecule has 1 unspecified atom stereocenters. The van der Waals surface area contributed by atoms with Gasteiger partial charge in [-0.1, -0.05) is 32.4 Å². The molecule has 24 heavy (non-hydrogen) atoms. The maximum Gasteiger partial charge on any atom is 0.253 e. The highest BCUT2D eigenvalue weighted by Gasteiger charge is 2.32. The number of carbonyl (C=O) groups is 2. The molecule has 130 valence electrons. The lowest BCUT2D eigenvalue weighted by Gasteiger charge is -2.38. The van der Waals surface area contributed by atoms with E-state index in [-0.39, 0.29) is 11.8 Å². The lowest BCUT2D eigenvalue weighted by molar-refractivity contribution is -0.139. The highest BCUT2D eigenvalue weighted by Crippen LogP contribution is 2.28. The summed E-state index contributed by atoms with van der Waals surface area (Å²) in [5.74, 6) is 1.16. The van der Waals surface area contributed by atoms with Gasteiger partial charge in [-0.3, -0.25) is 9.59 Å². The van der Waals surface area contributed by atoms with Gasteiger partial charge in [0.05, 0.1) is 0 Å². The average Bonchev–Trinajstić information content (AvgIpc) is 2.59. The Kier molecular flexibility index (Phi) is 5.22. The number of hydrogen-bond donors (Lipinski definition) is 0. The number of amides is 2. The molecule has 0 bridgehead atoms. The molecule has 2 aliphatic rings. The van der Waals surface area contributed by atoms with Crippen LogP contribution in [0.4, 0.5) is 0 Å². The summed E-state index contributed by atoms with van der Waals surface area (Å²) in [6.07, 6.45) is 4.37. The van der Waals surface area contributed by atoms with Gasteiger partial charge in [-0.05, 0) is 42.9 Å². The standard InChI is InChI=1S/C20H28N2O2/c1-3-15(2)16-7-9-18(10-8-16)20(24)22-13-11-21(12-14-22)19(23)17-5-4-6-17/h7-10,15,17H,3-6,11-14H2,1-2H3. The van der Waals surface area contributed by atoms with Gasteiger partial charge in [-0.25, -0.2) is 0 Å². The van der Waals surface area contributed by atoms with Crippen molar-refractivity contribution in [2.45, 2.75) is 45.4 Å². The Morgan fingerprint density at radius 1 is 1.04 bits per heavy atom. The molecule has 0 N–H and O–H groups in total. The van der Waals surface area contributed by atoms with Crippen LogP contribution in [0.5, 0.6) is 0 Å². The molecule has 1 aromatic carbocycles. The van der Waals surface area contributed by atoms with Crippen LogP contribution < -0.4 is 0 Å². The van der Waals surface area contributed by atoms with Crippen LogP contribution in [0.3, 0.4) is 0 Å². The summed E-state index contributed by atoms with van der Waals surface area (Å²) in [5.41, 5.74) is 2.03. The molecular weight excluding hydrogens is 300 g/mol. The predicted octanol–water partition coefficient (Wildman–Crippen LogP) is 3.28. The number of rotatable bonds is 4. The van der Waals surface area contributed by atoms with Crippen molar-refractivity contribution in [3.8, 4) is 0 Å².